The van der Waals surface area contributed by atoms with E-state index in [-0.39, 0.29) is 6.61 Å². The zero-order chi connectivity index (χ0) is 12.4. The second kappa shape index (κ2) is 5.28. The van der Waals surface area contributed by atoms with Crippen LogP contribution < -0.4 is 5.32 Å². The van der Waals surface area contributed by atoms with Gasteiger partial charge in [0.25, 0.3) is 0 Å². The van der Waals surface area contributed by atoms with E-state index in [4.69, 9.17) is 4.74 Å². The molecule has 4 N–H and O–H groups in total. The maximum Gasteiger partial charge on any atom is 0.157 e. The first-order chi connectivity index (χ1) is 8.08. The van der Waals surface area contributed by atoms with Gasteiger partial charge in [0.1, 0.15) is 24.1 Å². The Kier molecular flexibility index (Phi) is 3.95. The van der Waals surface area contributed by atoms with Crippen molar-refractivity contribution < 1.29 is 20.1 Å². The minimum absolute atomic E-state index is 0.0353. The molecular formula is C10H13BrN2O4. The van der Waals surface area contributed by atoms with Crippen molar-refractivity contribution in [3.05, 3.63) is 22.8 Å². The summed E-state index contributed by atoms with van der Waals surface area (Å²) in [6, 6.07) is 3.49. The molecule has 7 heteroatoms. The number of nitrogens with one attached hydrogen (secondary N) is 1. The van der Waals surface area contributed by atoms with Crippen molar-refractivity contribution in [3.8, 4) is 0 Å². The zero-order valence-corrected chi connectivity index (χ0v) is 10.4. The van der Waals surface area contributed by atoms with Crippen LogP contribution in [0.4, 0.5) is 5.82 Å². The molecule has 0 spiro atoms. The molecule has 0 aliphatic carbocycles. The predicted molar refractivity (Wildman–Crippen MR) is 63.3 cm³/mol. The van der Waals surface area contributed by atoms with E-state index in [1.54, 1.807) is 18.3 Å². The van der Waals surface area contributed by atoms with Crippen LogP contribution in [0.5, 0.6) is 0 Å². The number of ether oxygens (including phenoxy) is 1. The topological polar surface area (TPSA) is 94.8 Å². The van der Waals surface area contributed by atoms with Crippen LogP contribution in [0.25, 0.3) is 0 Å². The van der Waals surface area contributed by atoms with E-state index in [0.717, 1.165) is 4.47 Å². The summed E-state index contributed by atoms with van der Waals surface area (Å²) in [7, 11) is 0. The maximum atomic E-state index is 9.69. The van der Waals surface area contributed by atoms with Gasteiger partial charge in [0, 0.05) is 10.7 Å². The van der Waals surface area contributed by atoms with Crippen LogP contribution in [0.15, 0.2) is 22.8 Å². The van der Waals surface area contributed by atoms with Crippen LogP contribution >= 0.6 is 15.9 Å². The Bertz CT molecular complexity index is 375. The minimum Gasteiger partial charge on any atom is -0.388 e. The molecule has 0 bridgehead atoms. The molecule has 17 heavy (non-hydrogen) atoms. The van der Waals surface area contributed by atoms with Gasteiger partial charge in [-0.2, -0.15) is 0 Å². The fraction of sp³-hybridized carbons (Fsp3) is 0.500. The highest BCUT2D eigenvalue weighted by Gasteiger charge is 2.37. The van der Waals surface area contributed by atoms with E-state index < -0.39 is 24.5 Å². The second-order valence-corrected chi connectivity index (χ2v) is 4.72. The van der Waals surface area contributed by atoms with Crippen molar-refractivity contribution in [2.75, 3.05) is 11.9 Å². The summed E-state index contributed by atoms with van der Waals surface area (Å²) < 4.78 is 6.02. The predicted octanol–water partition coefficient (Wildman–Crippen LogP) is -0.305. The van der Waals surface area contributed by atoms with Crippen LogP contribution in [0.3, 0.4) is 0 Å². The molecular weight excluding hydrogens is 292 g/mol. The Morgan fingerprint density at radius 1 is 1.29 bits per heavy atom. The number of aliphatic hydroxyl groups is 3. The van der Waals surface area contributed by atoms with E-state index >= 15 is 0 Å². The highest BCUT2D eigenvalue weighted by atomic mass is 79.9. The Balaban J connectivity index is 2.01. The first-order valence-electron chi connectivity index (χ1n) is 5.12. The first-order valence-corrected chi connectivity index (χ1v) is 5.91. The molecule has 6 nitrogen and oxygen atoms in total. The zero-order valence-electron chi connectivity index (χ0n) is 8.82. The number of anilines is 1. The monoisotopic (exact) mass is 304 g/mol. The van der Waals surface area contributed by atoms with Gasteiger partial charge in [-0.15, -0.1) is 0 Å². The van der Waals surface area contributed by atoms with Gasteiger partial charge < -0.3 is 25.4 Å². The Labute approximate surface area is 106 Å². The standard InChI is InChI=1S/C10H13BrN2O4/c11-5-1-2-7(12-3-5)13-10-9(16)8(15)6(14)4-17-10/h1-3,6,8-10,14-16H,4H2,(H,12,13). The quantitative estimate of drug-likeness (QED) is 0.599. The third-order valence-corrected chi connectivity index (χ3v) is 2.99. The molecule has 1 saturated heterocycles. The smallest absolute Gasteiger partial charge is 0.157 e. The number of aromatic nitrogens is 1. The summed E-state index contributed by atoms with van der Waals surface area (Å²) in [5.74, 6) is 0.515. The van der Waals surface area contributed by atoms with E-state index in [0.29, 0.717) is 5.82 Å². The molecule has 94 valence electrons. The number of pyridine rings is 1. The van der Waals surface area contributed by atoms with Gasteiger partial charge in [0.2, 0.25) is 0 Å². The minimum atomic E-state index is -1.23. The molecule has 2 heterocycles. The van der Waals surface area contributed by atoms with Gasteiger partial charge in [0.05, 0.1) is 6.61 Å². The normalized spacial score (nSPS) is 33.4. The molecule has 0 saturated carbocycles. The van der Waals surface area contributed by atoms with Crippen LogP contribution in [0.1, 0.15) is 0 Å². The van der Waals surface area contributed by atoms with Crippen molar-refractivity contribution in [3.63, 3.8) is 0 Å². The van der Waals surface area contributed by atoms with Gasteiger partial charge in [-0.3, -0.25) is 0 Å². The number of hydrogen-bond donors (Lipinski definition) is 4. The fourth-order valence-corrected chi connectivity index (χ4v) is 1.77. The van der Waals surface area contributed by atoms with Gasteiger partial charge in [-0.05, 0) is 28.1 Å². The Morgan fingerprint density at radius 2 is 2.06 bits per heavy atom. The largest absolute Gasteiger partial charge is 0.388 e. The van der Waals surface area contributed by atoms with Gasteiger partial charge >= 0.3 is 0 Å². The number of halogens is 1. The number of aliphatic hydroxyl groups excluding tert-OH is 3. The lowest BCUT2D eigenvalue weighted by Gasteiger charge is -2.35. The third-order valence-electron chi connectivity index (χ3n) is 2.52. The number of hydrogen-bond acceptors (Lipinski definition) is 6. The van der Waals surface area contributed by atoms with Gasteiger partial charge in [-0.25, -0.2) is 4.98 Å². The number of nitrogens with zero attached hydrogens (tertiary/aromatic N) is 1. The summed E-state index contributed by atoms with van der Waals surface area (Å²) in [6.45, 7) is -0.0353. The van der Waals surface area contributed by atoms with Crippen LogP contribution in [0, 0.1) is 0 Å². The molecule has 4 atom stereocenters. The molecule has 4 unspecified atom stereocenters. The molecule has 1 aliphatic rings. The molecule has 0 aromatic carbocycles. The van der Waals surface area contributed by atoms with Crippen LogP contribution in [0.2, 0.25) is 0 Å². The average Bonchev–Trinajstić information content (AvgIpc) is 2.33. The SMILES string of the molecule is OC1COC(Nc2ccc(Br)cn2)C(O)C1O. The average molecular weight is 305 g/mol. The lowest BCUT2D eigenvalue weighted by Crippen LogP contribution is -2.55. The van der Waals surface area contributed by atoms with Crippen molar-refractivity contribution >= 4 is 21.7 Å². The molecule has 1 aromatic rings. The van der Waals surface area contributed by atoms with E-state index in [2.05, 4.69) is 26.2 Å². The Hall–Kier alpha value is -0.730. The van der Waals surface area contributed by atoms with Crippen LogP contribution in [-0.4, -0.2) is 51.5 Å². The highest BCUT2D eigenvalue weighted by Crippen LogP contribution is 2.18. The fourth-order valence-electron chi connectivity index (χ4n) is 1.54. The Morgan fingerprint density at radius 3 is 2.71 bits per heavy atom. The lowest BCUT2D eigenvalue weighted by atomic mass is 10.0. The van der Waals surface area contributed by atoms with E-state index in [9.17, 15) is 15.3 Å². The van der Waals surface area contributed by atoms with Crippen molar-refractivity contribution in [1.82, 2.24) is 4.98 Å². The maximum absolute atomic E-state index is 9.69. The summed E-state index contributed by atoms with van der Waals surface area (Å²) >= 11 is 3.26. The van der Waals surface area contributed by atoms with Crippen LogP contribution in [-0.2, 0) is 4.74 Å². The molecule has 0 radical (unpaired) electrons. The summed E-state index contributed by atoms with van der Waals surface area (Å²) in [6.07, 6.45) is -2.69. The van der Waals surface area contributed by atoms with E-state index in [1.165, 1.54) is 0 Å². The molecule has 1 fully saturated rings. The third kappa shape index (κ3) is 2.93. The van der Waals surface area contributed by atoms with Gasteiger partial charge in [-0.1, -0.05) is 0 Å². The van der Waals surface area contributed by atoms with Gasteiger partial charge in [0.15, 0.2) is 6.23 Å². The van der Waals surface area contributed by atoms with Crippen molar-refractivity contribution in [2.24, 2.45) is 0 Å². The number of rotatable bonds is 2. The molecule has 2 rings (SSSR count). The molecule has 1 aromatic heterocycles. The summed E-state index contributed by atoms with van der Waals surface area (Å²) in [5.41, 5.74) is 0. The van der Waals surface area contributed by atoms with E-state index in [1.807, 2.05) is 0 Å². The summed E-state index contributed by atoms with van der Waals surface area (Å²) in [5, 5.41) is 31.3. The molecule has 0 amide bonds. The van der Waals surface area contributed by atoms with Crippen molar-refractivity contribution in [2.45, 2.75) is 24.5 Å². The highest BCUT2D eigenvalue weighted by molar-refractivity contribution is 9.10. The second-order valence-electron chi connectivity index (χ2n) is 3.81. The lowest BCUT2D eigenvalue weighted by molar-refractivity contribution is -0.178. The van der Waals surface area contributed by atoms with Crippen molar-refractivity contribution in [1.29, 1.82) is 0 Å². The first kappa shape index (κ1) is 12.7. The summed E-state index contributed by atoms with van der Waals surface area (Å²) in [4.78, 5) is 4.06. The molecule has 1 aliphatic heterocycles.